The third-order valence-corrected chi connectivity index (χ3v) is 4.22. The molecule has 2 aromatic carbocycles. The Kier molecular flexibility index (Phi) is 6.46. The van der Waals surface area contributed by atoms with Crippen LogP contribution in [-0.2, 0) is 11.3 Å². The molecule has 144 valence electrons. The predicted molar refractivity (Wildman–Crippen MR) is 109 cm³/mol. The average molecular weight is 377 g/mol. The zero-order valence-corrected chi connectivity index (χ0v) is 16.0. The number of benzene rings is 2. The van der Waals surface area contributed by atoms with Crippen molar-refractivity contribution in [2.45, 2.75) is 6.54 Å². The van der Waals surface area contributed by atoms with Gasteiger partial charge in [0, 0.05) is 24.4 Å². The highest BCUT2D eigenvalue weighted by atomic mass is 16.5. The lowest BCUT2D eigenvalue weighted by Crippen LogP contribution is -2.25. The molecule has 1 amide bonds. The molecule has 0 aliphatic rings. The summed E-state index contributed by atoms with van der Waals surface area (Å²) in [4.78, 5) is 12.0. The molecule has 0 radical (unpaired) electrons. The van der Waals surface area contributed by atoms with Crippen LogP contribution in [0, 0.1) is 0 Å². The van der Waals surface area contributed by atoms with Crippen LogP contribution >= 0.6 is 0 Å². The SMILES string of the molecule is COc1ccc(/C=C/C(=O)NCCn2cc(-c3ccccc3)cn2)cc1OC. The van der Waals surface area contributed by atoms with Crippen LogP contribution in [0.4, 0.5) is 0 Å². The smallest absolute Gasteiger partial charge is 0.244 e. The molecule has 3 aromatic rings. The van der Waals surface area contributed by atoms with Crippen molar-refractivity contribution in [3.63, 3.8) is 0 Å². The molecule has 0 fully saturated rings. The largest absolute Gasteiger partial charge is 0.493 e. The van der Waals surface area contributed by atoms with Gasteiger partial charge in [0.05, 0.1) is 27.0 Å². The van der Waals surface area contributed by atoms with Gasteiger partial charge in [-0.25, -0.2) is 0 Å². The number of hydrogen-bond acceptors (Lipinski definition) is 4. The minimum Gasteiger partial charge on any atom is -0.493 e. The van der Waals surface area contributed by atoms with E-state index in [1.807, 2.05) is 59.5 Å². The Bertz CT molecular complexity index is 949. The first-order valence-corrected chi connectivity index (χ1v) is 8.95. The van der Waals surface area contributed by atoms with Crippen LogP contribution in [0.25, 0.3) is 17.2 Å². The quantitative estimate of drug-likeness (QED) is 0.611. The molecule has 0 unspecified atom stereocenters. The van der Waals surface area contributed by atoms with Crippen molar-refractivity contribution in [1.82, 2.24) is 15.1 Å². The van der Waals surface area contributed by atoms with E-state index in [-0.39, 0.29) is 5.91 Å². The summed E-state index contributed by atoms with van der Waals surface area (Å²) < 4.78 is 12.3. The molecule has 0 spiro atoms. The van der Waals surface area contributed by atoms with Gasteiger partial charge in [0.1, 0.15) is 0 Å². The van der Waals surface area contributed by atoms with Crippen molar-refractivity contribution in [2.75, 3.05) is 20.8 Å². The molecule has 0 atom stereocenters. The summed E-state index contributed by atoms with van der Waals surface area (Å²) in [5.41, 5.74) is 3.03. The Balaban J connectivity index is 1.50. The first-order chi connectivity index (χ1) is 13.7. The maximum absolute atomic E-state index is 12.0. The van der Waals surface area contributed by atoms with E-state index in [1.54, 1.807) is 26.4 Å². The number of amides is 1. The monoisotopic (exact) mass is 377 g/mol. The van der Waals surface area contributed by atoms with E-state index in [9.17, 15) is 4.79 Å². The molecule has 1 aromatic heterocycles. The van der Waals surface area contributed by atoms with Crippen molar-refractivity contribution in [1.29, 1.82) is 0 Å². The maximum Gasteiger partial charge on any atom is 0.244 e. The molecular weight excluding hydrogens is 354 g/mol. The van der Waals surface area contributed by atoms with E-state index in [0.717, 1.165) is 16.7 Å². The summed E-state index contributed by atoms with van der Waals surface area (Å²) in [6, 6.07) is 15.5. The normalized spacial score (nSPS) is 10.8. The first-order valence-electron chi connectivity index (χ1n) is 8.95. The van der Waals surface area contributed by atoms with Crippen LogP contribution in [0.5, 0.6) is 11.5 Å². The summed E-state index contributed by atoms with van der Waals surface area (Å²) >= 11 is 0. The van der Waals surface area contributed by atoms with Gasteiger partial charge >= 0.3 is 0 Å². The second-order valence-electron chi connectivity index (χ2n) is 6.10. The third-order valence-electron chi connectivity index (χ3n) is 4.22. The second kappa shape index (κ2) is 9.41. The average Bonchev–Trinajstić information content (AvgIpc) is 3.21. The van der Waals surface area contributed by atoms with Gasteiger partial charge < -0.3 is 14.8 Å². The molecule has 0 aliphatic carbocycles. The maximum atomic E-state index is 12.0. The van der Waals surface area contributed by atoms with Crippen molar-refractivity contribution < 1.29 is 14.3 Å². The van der Waals surface area contributed by atoms with Crippen molar-refractivity contribution >= 4 is 12.0 Å². The number of nitrogens with zero attached hydrogens (tertiary/aromatic N) is 2. The van der Waals surface area contributed by atoms with Crippen LogP contribution in [0.3, 0.4) is 0 Å². The molecule has 1 heterocycles. The molecule has 1 N–H and O–H groups in total. The molecule has 28 heavy (non-hydrogen) atoms. The van der Waals surface area contributed by atoms with Gasteiger partial charge in [0.2, 0.25) is 5.91 Å². The Morgan fingerprint density at radius 1 is 1.07 bits per heavy atom. The van der Waals surface area contributed by atoms with Crippen molar-refractivity contribution in [3.05, 3.63) is 72.6 Å². The minimum atomic E-state index is -0.162. The van der Waals surface area contributed by atoms with Gasteiger partial charge in [-0.05, 0) is 29.3 Å². The highest BCUT2D eigenvalue weighted by Crippen LogP contribution is 2.27. The number of aromatic nitrogens is 2. The molecular formula is C22H23N3O3. The van der Waals surface area contributed by atoms with Crippen LogP contribution in [0.1, 0.15) is 5.56 Å². The standard InChI is InChI=1S/C22H23N3O3/c1-27-20-10-8-17(14-21(20)28-2)9-11-22(26)23-12-13-25-16-19(15-24-25)18-6-4-3-5-7-18/h3-11,14-16H,12-13H2,1-2H3,(H,23,26)/b11-9+. The second-order valence-corrected chi connectivity index (χ2v) is 6.10. The highest BCUT2D eigenvalue weighted by molar-refractivity contribution is 5.91. The number of methoxy groups -OCH3 is 2. The van der Waals surface area contributed by atoms with Crippen LogP contribution in [0.2, 0.25) is 0 Å². The van der Waals surface area contributed by atoms with Gasteiger partial charge in [-0.2, -0.15) is 5.10 Å². The fourth-order valence-electron chi connectivity index (χ4n) is 2.75. The Hall–Kier alpha value is -3.54. The molecule has 3 rings (SSSR count). The van der Waals surface area contributed by atoms with E-state index in [4.69, 9.17) is 9.47 Å². The third kappa shape index (κ3) is 5.01. The van der Waals surface area contributed by atoms with Crippen LogP contribution < -0.4 is 14.8 Å². The van der Waals surface area contributed by atoms with E-state index >= 15 is 0 Å². The summed E-state index contributed by atoms with van der Waals surface area (Å²) in [5, 5.41) is 7.20. The van der Waals surface area contributed by atoms with Gasteiger partial charge in [-0.1, -0.05) is 36.4 Å². The lowest BCUT2D eigenvalue weighted by atomic mass is 10.1. The number of ether oxygens (including phenoxy) is 2. The number of nitrogens with one attached hydrogen (secondary N) is 1. The fourth-order valence-corrected chi connectivity index (χ4v) is 2.75. The summed E-state index contributed by atoms with van der Waals surface area (Å²) in [6.45, 7) is 1.09. The number of carbonyl (C=O) groups is 1. The lowest BCUT2D eigenvalue weighted by Gasteiger charge is -2.07. The van der Waals surface area contributed by atoms with E-state index in [0.29, 0.717) is 24.6 Å². The summed E-state index contributed by atoms with van der Waals surface area (Å²) in [6.07, 6.45) is 7.04. The molecule has 6 heteroatoms. The summed E-state index contributed by atoms with van der Waals surface area (Å²) in [5.74, 6) is 1.11. The van der Waals surface area contributed by atoms with Gasteiger partial charge in [0.25, 0.3) is 0 Å². The predicted octanol–water partition coefficient (Wildman–Crippen LogP) is 3.40. The molecule has 6 nitrogen and oxygen atoms in total. The van der Waals surface area contributed by atoms with Crippen molar-refractivity contribution in [2.24, 2.45) is 0 Å². The summed E-state index contributed by atoms with van der Waals surface area (Å²) in [7, 11) is 3.17. The van der Waals surface area contributed by atoms with E-state index < -0.39 is 0 Å². The van der Waals surface area contributed by atoms with Gasteiger partial charge in [0.15, 0.2) is 11.5 Å². The minimum absolute atomic E-state index is 0.162. The molecule has 0 saturated carbocycles. The molecule has 0 bridgehead atoms. The topological polar surface area (TPSA) is 65.4 Å². The van der Waals surface area contributed by atoms with Crippen LogP contribution in [0.15, 0.2) is 67.0 Å². The number of carbonyl (C=O) groups excluding carboxylic acids is 1. The zero-order chi connectivity index (χ0) is 19.8. The van der Waals surface area contributed by atoms with Crippen molar-refractivity contribution in [3.8, 4) is 22.6 Å². The number of hydrogen-bond donors (Lipinski definition) is 1. The fraction of sp³-hybridized carbons (Fsp3) is 0.182. The molecule has 0 aliphatic heterocycles. The number of rotatable bonds is 8. The van der Waals surface area contributed by atoms with Crippen LogP contribution in [-0.4, -0.2) is 36.5 Å². The van der Waals surface area contributed by atoms with Gasteiger partial charge in [-0.15, -0.1) is 0 Å². The van der Waals surface area contributed by atoms with E-state index in [2.05, 4.69) is 10.4 Å². The Morgan fingerprint density at radius 3 is 2.61 bits per heavy atom. The zero-order valence-electron chi connectivity index (χ0n) is 16.0. The molecule has 0 saturated heterocycles. The Morgan fingerprint density at radius 2 is 1.86 bits per heavy atom. The first kappa shape index (κ1) is 19.2. The highest BCUT2D eigenvalue weighted by Gasteiger charge is 2.04. The van der Waals surface area contributed by atoms with E-state index in [1.165, 1.54) is 6.08 Å². The Labute approximate surface area is 164 Å². The van der Waals surface area contributed by atoms with Gasteiger partial charge in [-0.3, -0.25) is 9.48 Å². The lowest BCUT2D eigenvalue weighted by molar-refractivity contribution is -0.116.